The molecule has 0 unspecified atom stereocenters. The van der Waals surface area contributed by atoms with Crippen molar-refractivity contribution in [2.45, 2.75) is 57.9 Å². The van der Waals surface area contributed by atoms with Crippen molar-refractivity contribution in [2.75, 3.05) is 32.1 Å². The summed E-state index contributed by atoms with van der Waals surface area (Å²) in [5, 5.41) is 7.30. The van der Waals surface area contributed by atoms with Crippen LogP contribution in [0.2, 0.25) is 0 Å². The van der Waals surface area contributed by atoms with Crippen molar-refractivity contribution >= 4 is 12.0 Å². The summed E-state index contributed by atoms with van der Waals surface area (Å²) in [7, 11) is 1.73. The highest BCUT2D eigenvalue weighted by molar-refractivity contribution is 5.87. The monoisotopic (exact) mass is 335 g/mol. The van der Waals surface area contributed by atoms with Crippen molar-refractivity contribution in [3.05, 3.63) is 6.33 Å². The van der Waals surface area contributed by atoms with Gasteiger partial charge in [-0.25, -0.2) is 14.5 Å². The van der Waals surface area contributed by atoms with Crippen LogP contribution >= 0.6 is 0 Å². The maximum absolute atomic E-state index is 12.4. The second kappa shape index (κ2) is 7.51. The van der Waals surface area contributed by atoms with E-state index in [0.29, 0.717) is 12.0 Å². The number of likely N-dealkylation sites (tertiary alicyclic amines) is 1. The first kappa shape index (κ1) is 17.2. The first-order chi connectivity index (χ1) is 11.6. The van der Waals surface area contributed by atoms with E-state index in [-0.39, 0.29) is 11.4 Å². The molecule has 0 spiro atoms. The number of carbonyl (C=O) groups is 1. The van der Waals surface area contributed by atoms with Gasteiger partial charge in [-0.1, -0.05) is 26.2 Å². The molecule has 1 aromatic rings. The van der Waals surface area contributed by atoms with Crippen molar-refractivity contribution in [3.63, 3.8) is 0 Å². The van der Waals surface area contributed by atoms with E-state index in [2.05, 4.69) is 22.3 Å². The molecule has 0 aromatic carbocycles. The largest absolute Gasteiger partial charge is 0.384 e. The summed E-state index contributed by atoms with van der Waals surface area (Å²) >= 11 is 0. The van der Waals surface area contributed by atoms with Crippen LogP contribution < -0.4 is 5.32 Å². The number of hydrogen-bond acceptors (Lipinski definition) is 4. The summed E-state index contributed by atoms with van der Waals surface area (Å²) in [6.45, 7) is 4.46. The molecule has 1 N–H and O–H groups in total. The van der Waals surface area contributed by atoms with Crippen molar-refractivity contribution in [2.24, 2.45) is 5.41 Å². The van der Waals surface area contributed by atoms with E-state index >= 15 is 0 Å². The standard InChI is InChI=1S/C17H29N5O2/c1-17(12-24-2)8-10-21(11-9-17)16(23)19-15-18-13-22(20-15)14-6-4-3-5-7-14/h13-14H,3-12H2,1-2H3,(H,19,20,23). The number of methoxy groups -OCH3 is 1. The van der Waals surface area contributed by atoms with Crippen molar-refractivity contribution in [3.8, 4) is 0 Å². The number of ether oxygens (including phenoxy) is 1. The van der Waals surface area contributed by atoms with E-state index in [1.54, 1.807) is 13.4 Å². The fourth-order valence-electron chi connectivity index (χ4n) is 3.77. The van der Waals surface area contributed by atoms with Gasteiger partial charge < -0.3 is 9.64 Å². The molecule has 3 rings (SSSR count). The molecule has 1 saturated carbocycles. The summed E-state index contributed by atoms with van der Waals surface area (Å²) in [6.07, 6.45) is 9.78. The number of nitrogens with zero attached hydrogens (tertiary/aromatic N) is 4. The van der Waals surface area contributed by atoms with Gasteiger partial charge >= 0.3 is 6.03 Å². The van der Waals surface area contributed by atoms with E-state index in [1.807, 2.05) is 9.58 Å². The quantitative estimate of drug-likeness (QED) is 0.918. The Morgan fingerprint density at radius 2 is 2.04 bits per heavy atom. The molecule has 1 saturated heterocycles. The molecule has 1 aliphatic carbocycles. The van der Waals surface area contributed by atoms with Gasteiger partial charge in [0.05, 0.1) is 12.6 Å². The predicted octanol–water partition coefficient (Wildman–Crippen LogP) is 3.06. The van der Waals surface area contributed by atoms with Crippen molar-refractivity contribution in [1.82, 2.24) is 19.7 Å². The highest BCUT2D eigenvalue weighted by Gasteiger charge is 2.32. The van der Waals surface area contributed by atoms with Crippen LogP contribution in [0.1, 0.15) is 57.9 Å². The number of amides is 2. The van der Waals surface area contributed by atoms with Gasteiger partial charge in [-0.3, -0.25) is 5.32 Å². The van der Waals surface area contributed by atoms with Crippen LogP contribution in [-0.4, -0.2) is 52.5 Å². The summed E-state index contributed by atoms with van der Waals surface area (Å²) in [5.41, 5.74) is 0.173. The summed E-state index contributed by atoms with van der Waals surface area (Å²) in [6, 6.07) is 0.331. The zero-order valence-electron chi connectivity index (χ0n) is 14.8. The Bertz CT molecular complexity index is 545. The Labute approximate surface area is 143 Å². The highest BCUT2D eigenvalue weighted by atomic mass is 16.5. The third-order valence-corrected chi connectivity index (χ3v) is 5.43. The predicted molar refractivity (Wildman–Crippen MR) is 92.0 cm³/mol. The van der Waals surface area contributed by atoms with Gasteiger partial charge in [-0.05, 0) is 31.1 Å². The Morgan fingerprint density at radius 1 is 1.33 bits per heavy atom. The summed E-state index contributed by atoms with van der Waals surface area (Å²) < 4.78 is 7.21. The molecule has 2 heterocycles. The van der Waals surface area contributed by atoms with E-state index in [1.165, 1.54) is 19.3 Å². The van der Waals surface area contributed by atoms with Gasteiger partial charge in [0.25, 0.3) is 0 Å². The van der Waals surface area contributed by atoms with Crippen LogP contribution in [-0.2, 0) is 4.74 Å². The Morgan fingerprint density at radius 3 is 2.71 bits per heavy atom. The minimum Gasteiger partial charge on any atom is -0.384 e. The number of urea groups is 1. The van der Waals surface area contributed by atoms with Gasteiger partial charge in [-0.15, -0.1) is 5.10 Å². The normalized spacial score (nSPS) is 21.7. The molecule has 2 fully saturated rings. The first-order valence-electron chi connectivity index (χ1n) is 9.06. The van der Waals surface area contributed by atoms with Crippen molar-refractivity contribution in [1.29, 1.82) is 0 Å². The lowest BCUT2D eigenvalue weighted by molar-refractivity contribution is 0.0452. The molecular formula is C17H29N5O2. The lowest BCUT2D eigenvalue weighted by Crippen LogP contribution is -2.45. The molecule has 24 heavy (non-hydrogen) atoms. The Kier molecular flexibility index (Phi) is 5.38. The molecule has 1 aromatic heterocycles. The second-order valence-corrected chi connectivity index (χ2v) is 7.50. The topological polar surface area (TPSA) is 72.3 Å². The van der Waals surface area contributed by atoms with E-state index in [9.17, 15) is 4.79 Å². The molecule has 0 atom stereocenters. The van der Waals surface area contributed by atoms with Crippen molar-refractivity contribution < 1.29 is 9.53 Å². The number of rotatable bonds is 4. The number of nitrogens with one attached hydrogen (secondary N) is 1. The zero-order valence-corrected chi connectivity index (χ0v) is 14.8. The van der Waals surface area contributed by atoms with Gasteiger partial charge in [0, 0.05) is 20.2 Å². The molecule has 7 nitrogen and oxygen atoms in total. The van der Waals surface area contributed by atoms with Crippen LogP contribution in [0.15, 0.2) is 6.33 Å². The Hall–Kier alpha value is -1.63. The van der Waals surface area contributed by atoms with E-state index < -0.39 is 0 Å². The van der Waals surface area contributed by atoms with Gasteiger partial charge in [-0.2, -0.15) is 0 Å². The van der Waals surface area contributed by atoms with Crippen LogP contribution in [0.4, 0.5) is 10.7 Å². The van der Waals surface area contributed by atoms with E-state index in [0.717, 1.165) is 45.4 Å². The highest BCUT2D eigenvalue weighted by Crippen LogP contribution is 2.31. The average Bonchev–Trinajstić information content (AvgIpc) is 3.05. The summed E-state index contributed by atoms with van der Waals surface area (Å²) in [5.74, 6) is 0.413. The van der Waals surface area contributed by atoms with Crippen LogP contribution in [0.25, 0.3) is 0 Å². The van der Waals surface area contributed by atoms with Crippen LogP contribution in [0.5, 0.6) is 0 Å². The van der Waals surface area contributed by atoms with E-state index in [4.69, 9.17) is 4.74 Å². The molecule has 7 heteroatoms. The third kappa shape index (κ3) is 4.06. The molecule has 1 aliphatic heterocycles. The number of hydrogen-bond donors (Lipinski definition) is 1. The minimum atomic E-state index is -0.101. The maximum atomic E-state index is 12.4. The smallest absolute Gasteiger partial charge is 0.324 e. The molecule has 0 bridgehead atoms. The molecule has 0 radical (unpaired) electrons. The summed E-state index contributed by atoms with van der Waals surface area (Å²) in [4.78, 5) is 18.5. The number of aromatic nitrogens is 3. The zero-order chi connectivity index (χ0) is 17.0. The average molecular weight is 335 g/mol. The molecular weight excluding hydrogens is 306 g/mol. The van der Waals surface area contributed by atoms with Gasteiger partial charge in [0.15, 0.2) is 0 Å². The molecule has 134 valence electrons. The SMILES string of the molecule is COCC1(C)CCN(C(=O)Nc2ncn(C3CCCCC3)n2)CC1. The fraction of sp³-hybridized carbons (Fsp3) is 0.824. The maximum Gasteiger partial charge on any atom is 0.324 e. The first-order valence-corrected chi connectivity index (χ1v) is 9.06. The fourth-order valence-corrected chi connectivity index (χ4v) is 3.77. The van der Waals surface area contributed by atoms with Gasteiger partial charge in [0.2, 0.25) is 5.95 Å². The number of piperidine rings is 1. The van der Waals surface area contributed by atoms with Crippen LogP contribution in [0, 0.1) is 5.41 Å². The lowest BCUT2D eigenvalue weighted by Gasteiger charge is -2.38. The third-order valence-electron chi connectivity index (χ3n) is 5.43. The lowest BCUT2D eigenvalue weighted by atomic mass is 9.81. The molecule has 2 amide bonds. The molecule has 2 aliphatic rings. The minimum absolute atomic E-state index is 0.101. The second-order valence-electron chi connectivity index (χ2n) is 7.50. The van der Waals surface area contributed by atoms with Crippen LogP contribution in [0.3, 0.4) is 0 Å². The number of carbonyl (C=O) groups excluding carboxylic acids is 1. The number of anilines is 1. The Balaban J connectivity index is 1.51. The van der Waals surface area contributed by atoms with Gasteiger partial charge in [0.1, 0.15) is 6.33 Å².